The van der Waals surface area contributed by atoms with E-state index < -0.39 is 69.5 Å². The summed E-state index contributed by atoms with van der Waals surface area (Å²) in [6, 6.07) is 12.3. The van der Waals surface area contributed by atoms with Crippen molar-refractivity contribution < 1.29 is 46.7 Å². The van der Waals surface area contributed by atoms with Crippen molar-refractivity contribution in [2.75, 3.05) is 41.9 Å². The normalized spacial score (nSPS) is 19.2. The molecule has 16 nitrogen and oxygen atoms in total. The van der Waals surface area contributed by atoms with E-state index in [4.69, 9.17) is 9.47 Å². The molecule has 4 rings (SSSR count). The average Bonchev–Trinajstić information content (AvgIpc) is 3.90. The number of hydrogen-bond acceptors (Lipinski definition) is 11. The molecule has 5 amide bonds. The van der Waals surface area contributed by atoms with E-state index in [1.807, 2.05) is 66.6 Å². The van der Waals surface area contributed by atoms with Crippen molar-refractivity contribution in [1.29, 1.82) is 0 Å². The number of rotatable bonds is 26. The van der Waals surface area contributed by atoms with Gasteiger partial charge in [0.15, 0.2) is 5.78 Å². The number of likely N-dealkylation sites (N-methyl/N-ethyl adjacent to an activating group) is 2. The second-order valence-corrected chi connectivity index (χ2v) is 22.0. The largest absolute Gasteiger partial charge is 0.379 e. The topological polar surface area (TPSA) is 201 Å². The van der Waals surface area contributed by atoms with Crippen LogP contribution in [0.5, 0.6) is 0 Å². The lowest BCUT2D eigenvalue weighted by molar-refractivity contribution is -0.149. The smallest absolute Gasteiger partial charge is 0.264 e. The van der Waals surface area contributed by atoms with Gasteiger partial charge in [0.05, 0.1) is 53.1 Å². The Kier molecular flexibility index (Phi) is 20.5. The van der Waals surface area contributed by atoms with Crippen molar-refractivity contribution in [3.8, 4) is 0 Å². The molecule has 1 saturated carbocycles. The third-order valence-corrected chi connectivity index (χ3v) is 15.7. The second-order valence-electron chi connectivity index (χ2n) is 20.3. The van der Waals surface area contributed by atoms with Gasteiger partial charge >= 0.3 is 0 Å². The number of sulfonamides is 1. The van der Waals surface area contributed by atoms with Crippen LogP contribution in [-0.4, -0.2) is 137 Å². The van der Waals surface area contributed by atoms with Crippen LogP contribution >= 0.6 is 0 Å². The third-order valence-electron chi connectivity index (χ3n) is 14.4. The number of ketones is 1. The maximum Gasteiger partial charge on any atom is 0.264 e. The summed E-state index contributed by atoms with van der Waals surface area (Å²) in [5, 5.41) is 5.73. The molecule has 9 atom stereocenters. The molecular formula is C52H80N6O10S. The molecule has 0 bridgehead atoms. The molecule has 2 fully saturated rings. The molecule has 0 unspecified atom stereocenters. The summed E-state index contributed by atoms with van der Waals surface area (Å²) in [4.78, 5) is 87.7. The minimum Gasteiger partial charge on any atom is -0.379 e. The Balaban J connectivity index is 1.51. The number of nitrogens with one attached hydrogen (secondary N) is 3. The van der Waals surface area contributed by atoms with Crippen LogP contribution in [0.4, 0.5) is 0 Å². The van der Waals surface area contributed by atoms with E-state index in [-0.39, 0.29) is 71.5 Å². The van der Waals surface area contributed by atoms with Crippen molar-refractivity contribution >= 4 is 45.3 Å². The van der Waals surface area contributed by atoms with Crippen molar-refractivity contribution in [3.63, 3.8) is 0 Å². The van der Waals surface area contributed by atoms with Gasteiger partial charge in [0, 0.05) is 53.5 Å². The van der Waals surface area contributed by atoms with Crippen LogP contribution in [0.25, 0.3) is 0 Å². The van der Waals surface area contributed by atoms with Crippen molar-refractivity contribution in [3.05, 3.63) is 65.7 Å². The predicted octanol–water partition coefficient (Wildman–Crippen LogP) is 5.08. The number of carbonyl (C=O) groups is 6. The van der Waals surface area contributed by atoms with E-state index in [1.54, 1.807) is 60.2 Å². The minimum absolute atomic E-state index is 0.0119. The first kappa shape index (κ1) is 56.9. The Morgan fingerprint density at radius 1 is 0.841 bits per heavy atom. The lowest BCUT2D eigenvalue weighted by Gasteiger charge is -2.41. The van der Waals surface area contributed by atoms with Crippen LogP contribution in [0, 0.1) is 29.6 Å². The molecule has 2 aromatic carbocycles. The van der Waals surface area contributed by atoms with Crippen LogP contribution in [0.1, 0.15) is 111 Å². The number of benzene rings is 2. The standard InChI is InChI=1S/C52H80N6O10S/c1-14-34(6)47(57(11)51(64)40(32(2)3)30-43(60)46(33(4)5)56(9)10)44(67-12)31-45(61)58-28-18-21-42(58)48(68-13)35(7)49(62)53-41(29-37-19-16-15-17-20-37)50(63)55-69(65,66)39-24-22-38(23-25-39)52(26-27-52)54-36(8)59/h15-17,19-20,22-25,32-35,40-42,44,46-48H,14,18,21,26-31H2,1-13H3,(H,53,62)(H,54,59)(H,55,63)/t34-,35+,40-,41-,42-,44+,46-,47-,48+/m0/s1. The highest BCUT2D eigenvalue weighted by Crippen LogP contribution is 2.45. The van der Waals surface area contributed by atoms with Gasteiger partial charge in [0.1, 0.15) is 6.04 Å². The molecule has 17 heteroatoms. The molecule has 384 valence electrons. The first-order chi connectivity index (χ1) is 32.4. The molecule has 69 heavy (non-hydrogen) atoms. The number of hydrogen-bond donors (Lipinski definition) is 3. The summed E-state index contributed by atoms with van der Waals surface area (Å²) in [6.07, 6.45) is 1.88. The number of methoxy groups -OCH3 is 2. The summed E-state index contributed by atoms with van der Waals surface area (Å²) in [5.74, 6) is -3.66. The van der Waals surface area contributed by atoms with Crippen molar-refractivity contribution in [1.82, 2.24) is 30.1 Å². The molecule has 1 aliphatic carbocycles. The van der Waals surface area contributed by atoms with Gasteiger partial charge in [0.25, 0.3) is 15.9 Å². The SMILES string of the molecule is CC[C@H](C)[C@@H]([C@@H](CC(=O)N1CCC[C@H]1[C@H](OC)[C@@H](C)C(=O)N[C@@H](Cc1ccccc1)C(=O)NS(=O)(=O)c1ccc(C2(NC(C)=O)CC2)cc1)OC)N(C)C(=O)[C@@H](CC(=O)[C@H](C(C)C)N(C)C)C(C)C. The Morgan fingerprint density at radius 3 is 1.97 bits per heavy atom. The molecule has 2 aliphatic rings. The summed E-state index contributed by atoms with van der Waals surface area (Å²) in [5.41, 5.74) is 0.911. The number of carbonyl (C=O) groups excluding carboxylic acids is 6. The molecule has 3 N–H and O–H groups in total. The van der Waals surface area contributed by atoms with E-state index in [1.165, 1.54) is 33.3 Å². The predicted molar refractivity (Wildman–Crippen MR) is 265 cm³/mol. The maximum atomic E-state index is 14.5. The molecule has 0 aromatic heterocycles. The fourth-order valence-electron chi connectivity index (χ4n) is 10.3. The quantitative estimate of drug-likeness (QED) is 0.114. The van der Waals surface area contributed by atoms with Gasteiger partial charge in [-0.25, -0.2) is 13.1 Å². The molecular weight excluding hydrogens is 901 g/mol. The maximum absolute atomic E-state index is 14.5. The van der Waals surface area contributed by atoms with E-state index >= 15 is 0 Å². The Hall–Kier alpha value is -4.71. The molecule has 0 radical (unpaired) electrons. The molecule has 1 saturated heterocycles. The number of Topliss-reactive ketones (excluding diaryl/α,β-unsaturated/α-hetero) is 1. The van der Waals surface area contributed by atoms with Gasteiger partial charge in [-0.15, -0.1) is 0 Å². The number of likely N-dealkylation sites (tertiary alicyclic amines) is 1. The van der Waals surface area contributed by atoms with Crippen LogP contribution in [0.2, 0.25) is 0 Å². The lowest BCUT2D eigenvalue weighted by atomic mass is 9.83. The fraction of sp³-hybridized carbons (Fsp3) is 0.654. The van der Waals surface area contributed by atoms with E-state index in [2.05, 4.69) is 15.4 Å². The van der Waals surface area contributed by atoms with Crippen molar-refractivity contribution in [2.24, 2.45) is 29.6 Å². The first-order valence-corrected chi connectivity index (χ1v) is 26.0. The van der Waals surface area contributed by atoms with Gasteiger partial charge in [0.2, 0.25) is 23.6 Å². The zero-order chi connectivity index (χ0) is 51.5. The van der Waals surface area contributed by atoms with Gasteiger partial charge in [-0.05, 0) is 80.8 Å². The summed E-state index contributed by atoms with van der Waals surface area (Å²) >= 11 is 0. The highest BCUT2D eigenvalue weighted by atomic mass is 32.2. The molecule has 1 aliphatic heterocycles. The highest BCUT2D eigenvalue weighted by molar-refractivity contribution is 7.90. The Labute approximate surface area is 411 Å². The Bertz CT molecular complexity index is 2170. The minimum atomic E-state index is -4.38. The van der Waals surface area contributed by atoms with E-state index in [0.717, 1.165) is 18.4 Å². The molecule has 1 heterocycles. The van der Waals surface area contributed by atoms with Gasteiger partial charge < -0.3 is 29.9 Å². The third kappa shape index (κ3) is 14.4. The van der Waals surface area contributed by atoms with Gasteiger partial charge in [-0.2, -0.15) is 0 Å². The van der Waals surface area contributed by atoms with E-state index in [0.29, 0.717) is 31.4 Å². The number of ether oxygens (including phenoxy) is 2. The Morgan fingerprint density at radius 2 is 1.46 bits per heavy atom. The first-order valence-electron chi connectivity index (χ1n) is 24.5. The van der Waals surface area contributed by atoms with Crippen LogP contribution in [0.15, 0.2) is 59.5 Å². The van der Waals surface area contributed by atoms with Crippen LogP contribution in [-0.2, 0) is 60.2 Å². The van der Waals surface area contributed by atoms with Crippen molar-refractivity contribution in [2.45, 2.75) is 154 Å². The second kappa shape index (κ2) is 24.9. The summed E-state index contributed by atoms with van der Waals surface area (Å²) in [6.45, 7) is 15.4. The van der Waals surface area contributed by atoms with Crippen LogP contribution < -0.4 is 15.4 Å². The van der Waals surface area contributed by atoms with Gasteiger partial charge in [-0.1, -0.05) is 97.4 Å². The molecule has 2 aromatic rings. The zero-order valence-electron chi connectivity index (χ0n) is 43.2. The monoisotopic (exact) mass is 981 g/mol. The van der Waals surface area contributed by atoms with Gasteiger partial charge in [-0.3, -0.25) is 33.7 Å². The van der Waals surface area contributed by atoms with E-state index in [9.17, 15) is 37.2 Å². The number of amides is 5. The summed E-state index contributed by atoms with van der Waals surface area (Å²) in [7, 11) is 4.11. The fourth-order valence-corrected chi connectivity index (χ4v) is 11.3. The average molecular weight is 981 g/mol. The van der Waals surface area contributed by atoms with Crippen LogP contribution in [0.3, 0.4) is 0 Å². The lowest BCUT2D eigenvalue weighted by Crippen LogP contribution is -2.55. The summed E-state index contributed by atoms with van der Waals surface area (Å²) < 4.78 is 41.5. The molecule has 0 spiro atoms. The number of nitrogens with zero attached hydrogens (tertiary/aromatic N) is 3. The zero-order valence-corrected chi connectivity index (χ0v) is 44.1. The highest BCUT2D eigenvalue weighted by Gasteiger charge is 2.46.